The van der Waals surface area contributed by atoms with E-state index in [1.165, 1.54) is 24.8 Å². The summed E-state index contributed by atoms with van der Waals surface area (Å²) in [6.07, 6.45) is 4.58. The van der Waals surface area contributed by atoms with E-state index < -0.39 is 0 Å². The van der Waals surface area contributed by atoms with E-state index in [0.717, 1.165) is 18.5 Å². The van der Waals surface area contributed by atoms with Gasteiger partial charge in [0.1, 0.15) is 5.75 Å². The van der Waals surface area contributed by atoms with Crippen LogP contribution in [0.5, 0.6) is 5.75 Å². The number of benzene rings is 1. The third kappa shape index (κ3) is 3.18. The minimum absolute atomic E-state index is 0.258. The Morgan fingerprint density at radius 2 is 2.17 bits per heavy atom. The van der Waals surface area contributed by atoms with Crippen LogP contribution in [0.15, 0.2) is 12.1 Å². The Bertz CT molecular complexity index is 411. The zero-order valence-corrected chi connectivity index (χ0v) is 11.9. The number of piperidine rings is 1. The quantitative estimate of drug-likeness (QED) is 0.872. The number of rotatable bonds is 3. The summed E-state index contributed by atoms with van der Waals surface area (Å²) in [6, 6.07) is 4.45. The van der Waals surface area contributed by atoms with E-state index >= 15 is 0 Å². The summed E-state index contributed by atoms with van der Waals surface area (Å²) in [5.41, 5.74) is 2.18. The van der Waals surface area contributed by atoms with Gasteiger partial charge in [0.2, 0.25) is 0 Å². The van der Waals surface area contributed by atoms with Gasteiger partial charge in [-0.1, -0.05) is 37.9 Å². The van der Waals surface area contributed by atoms with E-state index in [9.17, 15) is 5.11 Å². The molecule has 18 heavy (non-hydrogen) atoms. The molecule has 1 unspecified atom stereocenters. The lowest BCUT2D eigenvalue weighted by molar-refractivity contribution is 0.391. The molecule has 1 fully saturated rings. The number of aromatic hydroxyl groups is 1. The highest BCUT2D eigenvalue weighted by Crippen LogP contribution is 2.33. The topological polar surface area (TPSA) is 32.3 Å². The van der Waals surface area contributed by atoms with Crippen LogP contribution in [0.3, 0.4) is 0 Å². The number of nitrogens with one attached hydrogen (secondary N) is 1. The first kappa shape index (κ1) is 13.7. The molecule has 0 aromatic heterocycles. The molecule has 100 valence electrons. The molecule has 2 N–H and O–H groups in total. The molecule has 0 bridgehead atoms. The van der Waals surface area contributed by atoms with Crippen molar-refractivity contribution in [2.45, 2.75) is 51.5 Å². The van der Waals surface area contributed by atoms with Crippen molar-refractivity contribution in [2.24, 2.45) is 0 Å². The maximum absolute atomic E-state index is 10.1. The first-order valence-corrected chi connectivity index (χ1v) is 7.20. The average molecular weight is 268 g/mol. The van der Waals surface area contributed by atoms with Crippen molar-refractivity contribution >= 4 is 11.6 Å². The molecule has 1 atom stereocenters. The standard InChI is InChI=1S/C15H22ClNO/c1-10(2)11-7-12(15(18)14(16)9-11)8-13-5-3-4-6-17-13/h7,9-10,13,17-18H,3-6,8H2,1-2H3. The van der Waals surface area contributed by atoms with E-state index in [1.54, 1.807) is 0 Å². The summed E-state index contributed by atoms with van der Waals surface area (Å²) < 4.78 is 0. The molecule has 3 heteroatoms. The molecule has 1 saturated heterocycles. The van der Waals surface area contributed by atoms with Crippen LogP contribution in [0.1, 0.15) is 50.2 Å². The highest BCUT2D eigenvalue weighted by atomic mass is 35.5. The van der Waals surface area contributed by atoms with E-state index in [1.807, 2.05) is 6.07 Å². The molecule has 2 nitrogen and oxygen atoms in total. The summed E-state index contributed by atoms with van der Waals surface area (Å²) in [4.78, 5) is 0. The molecule has 2 rings (SSSR count). The number of phenolic OH excluding ortho intramolecular Hbond substituents is 1. The SMILES string of the molecule is CC(C)c1cc(Cl)c(O)c(CC2CCCCN2)c1. The van der Waals surface area contributed by atoms with Crippen molar-refractivity contribution in [1.82, 2.24) is 5.32 Å². The van der Waals surface area contributed by atoms with Gasteiger partial charge in [0.05, 0.1) is 5.02 Å². The van der Waals surface area contributed by atoms with Crippen LogP contribution in [-0.2, 0) is 6.42 Å². The third-order valence-corrected chi connectivity index (χ3v) is 4.00. The molecular weight excluding hydrogens is 246 g/mol. The lowest BCUT2D eigenvalue weighted by Gasteiger charge is -2.24. The number of halogens is 1. The second kappa shape index (κ2) is 5.94. The Kier molecular flexibility index (Phi) is 4.52. The van der Waals surface area contributed by atoms with Gasteiger partial charge in [0, 0.05) is 6.04 Å². The average Bonchev–Trinajstić information content (AvgIpc) is 2.35. The fraction of sp³-hybridized carbons (Fsp3) is 0.600. The minimum atomic E-state index is 0.258. The molecule has 1 aliphatic rings. The maximum Gasteiger partial charge on any atom is 0.137 e. The molecule has 1 aromatic rings. The Labute approximate surface area is 114 Å². The molecule has 1 aliphatic heterocycles. The van der Waals surface area contributed by atoms with Crippen LogP contribution in [0.4, 0.5) is 0 Å². The van der Waals surface area contributed by atoms with E-state index in [-0.39, 0.29) is 5.75 Å². The van der Waals surface area contributed by atoms with Crippen molar-refractivity contribution in [3.05, 3.63) is 28.3 Å². The normalized spacial score (nSPS) is 20.3. The van der Waals surface area contributed by atoms with Crippen LogP contribution >= 0.6 is 11.6 Å². The van der Waals surface area contributed by atoms with Crippen LogP contribution in [0.25, 0.3) is 0 Å². The first-order chi connectivity index (χ1) is 8.58. The van der Waals surface area contributed by atoms with Gasteiger partial charge in [-0.25, -0.2) is 0 Å². The molecule has 0 radical (unpaired) electrons. The van der Waals surface area contributed by atoms with Gasteiger partial charge >= 0.3 is 0 Å². The van der Waals surface area contributed by atoms with Crippen LogP contribution in [0, 0.1) is 0 Å². The van der Waals surface area contributed by atoms with Gasteiger partial charge in [0.25, 0.3) is 0 Å². The predicted octanol–water partition coefficient (Wildman–Crippen LogP) is 3.85. The summed E-state index contributed by atoms with van der Waals surface area (Å²) in [5, 5.41) is 14.1. The molecular formula is C15H22ClNO. The summed E-state index contributed by atoms with van der Waals surface area (Å²) in [6.45, 7) is 5.37. The minimum Gasteiger partial charge on any atom is -0.506 e. The fourth-order valence-electron chi connectivity index (χ4n) is 2.53. The van der Waals surface area contributed by atoms with Crippen LogP contribution in [-0.4, -0.2) is 17.7 Å². The number of hydrogen-bond acceptors (Lipinski definition) is 2. The van der Waals surface area contributed by atoms with Crippen LogP contribution < -0.4 is 5.32 Å². The fourth-order valence-corrected chi connectivity index (χ4v) is 2.78. The predicted molar refractivity (Wildman–Crippen MR) is 76.6 cm³/mol. The van der Waals surface area contributed by atoms with Crippen molar-refractivity contribution in [3.8, 4) is 5.75 Å². The summed E-state index contributed by atoms with van der Waals surface area (Å²) in [7, 11) is 0. The third-order valence-electron chi connectivity index (χ3n) is 3.71. The molecule has 0 aliphatic carbocycles. The van der Waals surface area contributed by atoms with Gasteiger partial charge < -0.3 is 10.4 Å². The maximum atomic E-state index is 10.1. The monoisotopic (exact) mass is 267 g/mol. The van der Waals surface area contributed by atoms with E-state index in [0.29, 0.717) is 17.0 Å². The zero-order valence-electron chi connectivity index (χ0n) is 11.2. The van der Waals surface area contributed by atoms with Crippen LogP contribution in [0.2, 0.25) is 5.02 Å². The Morgan fingerprint density at radius 3 is 2.78 bits per heavy atom. The molecule has 0 spiro atoms. The highest BCUT2D eigenvalue weighted by Gasteiger charge is 2.17. The van der Waals surface area contributed by atoms with Crippen molar-refractivity contribution in [3.63, 3.8) is 0 Å². The van der Waals surface area contributed by atoms with Gasteiger partial charge in [-0.3, -0.25) is 0 Å². The highest BCUT2D eigenvalue weighted by molar-refractivity contribution is 6.32. The first-order valence-electron chi connectivity index (χ1n) is 6.82. The van der Waals surface area contributed by atoms with E-state index in [2.05, 4.69) is 25.2 Å². The van der Waals surface area contributed by atoms with Gasteiger partial charge in [-0.2, -0.15) is 0 Å². The largest absolute Gasteiger partial charge is 0.506 e. The number of hydrogen-bond donors (Lipinski definition) is 2. The lowest BCUT2D eigenvalue weighted by Crippen LogP contribution is -2.35. The van der Waals surface area contributed by atoms with E-state index in [4.69, 9.17) is 11.6 Å². The Morgan fingerprint density at radius 1 is 1.39 bits per heavy atom. The smallest absolute Gasteiger partial charge is 0.137 e. The second-order valence-electron chi connectivity index (χ2n) is 5.52. The lowest BCUT2D eigenvalue weighted by atomic mass is 9.94. The second-order valence-corrected chi connectivity index (χ2v) is 5.92. The molecule has 1 heterocycles. The summed E-state index contributed by atoms with van der Waals surface area (Å²) >= 11 is 6.11. The number of phenols is 1. The van der Waals surface area contributed by atoms with Gasteiger partial charge in [-0.05, 0) is 48.9 Å². The van der Waals surface area contributed by atoms with Gasteiger partial charge in [-0.15, -0.1) is 0 Å². The zero-order chi connectivity index (χ0) is 13.1. The van der Waals surface area contributed by atoms with Crippen molar-refractivity contribution < 1.29 is 5.11 Å². The molecule has 0 saturated carbocycles. The van der Waals surface area contributed by atoms with Crippen molar-refractivity contribution in [2.75, 3.05) is 6.54 Å². The molecule has 1 aromatic carbocycles. The molecule has 0 amide bonds. The Balaban J connectivity index is 2.19. The summed E-state index contributed by atoms with van der Waals surface area (Å²) in [5.74, 6) is 0.689. The van der Waals surface area contributed by atoms with Crippen molar-refractivity contribution in [1.29, 1.82) is 0 Å². The Hall–Kier alpha value is -0.730. The van der Waals surface area contributed by atoms with Gasteiger partial charge in [0.15, 0.2) is 0 Å².